The van der Waals surface area contributed by atoms with E-state index >= 15 is 0 Å². The Kier molecular flexibility index (Phi) is 3.38. The van der Waals surface area contributed by atoms with Gasteiger partial charge in [-0.3, -0.25) is 0 Å². The average Bonchev–Trinajstić information content (AvgIpc) is 2.99. The van der Waals surface area contributed by atoms with Gasteiger partial charge >= 0.3 is 6.03 Å². The molecule has 2 aromatic rings. The maximum atomic E-state index is 12.2. The summed E-state index contributed by atoms with van der Waals surface area (Å²) in [5.41, 5.74) is 0.674. The summed E-state index contributed by atoms with van der Waals surface area (Å²) in [6.07, 6.45) is 1.66. The molecule has 7 nitrogen and oxygen atoms in total. The van der Waals surface area contributed by atoms with Gasteiger partial charge in [0.25, 0.3) is 0 Å². The zero-order chi connectivity index (χ0) is 15.6. The van der Waals surface area contributed by atoms with Gasteiger partial charge in [-0.1, -0.05) is 6.07 Å². The lowest BCUT2D eigenvalue weighted by Gasteiger charge is -2.38. The van der Waals surface area contributed by atoms with Gasteiger partial charge in [-0.05, 0) is 18.2 Å². The predicted molar refractivity (Wildman–Crippen MR) is 81.8 cm³/mol. The monoisotopic (exact) mass is 313 g/mol. The molecule has 1 aromatic heterocycles. The summed E-state index contributed by atoms with van der Waals surface area (Å²) in [6.45, 7) is 1.28. The van der Waals surface area contributed by atoms with E-state index < -0.39 is 0 Å². The zero-order valence-electron chi connectivity index (χ0n) is 12.3. The number of carbonyl (C=O) groups is 1. The van der Waals surface area contributed by atoms with Crippen LogP contribution in [0.25, 0.3) is 0 Å². The molecule has 3 heterocycles. The van der Waals surface area contributed by atoms with Gasteiger partial charge in [0.15, 0.2) is 11.5 Å². The van der Waals surface area contributed by atoms with Crippen molar-refractivity contribution in [3.63, 3.8) is 0 Å². The number of anilines is 1. The predicted octanol–water partition coefficient (Wildman–Crippen LogP) is 2.11. The fourth-order valence-corrected chi connectivity index (χ4v) is 2.44. The van der Waals surface area contributed by atoms with Gasteiger partial charge in [-0.2, -0.15) is 0 Å². The van der Waals surface area contributed by atoms with Crippen LogP contribution in [-0.4, -0.2) is 41.9 Å². The normalized spacial score (nSPS) is 15.9. The van der Waals surface area contributed by atoms with Crippen molar-refractivity contribution in [3.05, 3.63) is 42.6 Å². The second kappa shape index (κ2) is 5.68. The number of nitrogens with one attached hydrogen (secondary N) is 1. The third-order valence-electron chi connectivity index (χ3n) is 3.68. The van der Waals surface area contributed by atoms with Crippen molar-refractivity contribution in [2.45, 2.75) is 6.10 Å². The van der Waals surface area contributed by atoms with Crippen LogP contribution in [0, 0.1) is 0 Å². The van der Waals surface area contributed by atoms with Crippen LogP contribution in [-0.2, 0) is 0 Å². The molecule has 0 spiro atoms. The molecule has 0 atom stereocenters. The molecular formula is C16H15N3O4. The van der Waals surface area contributed by atoms with Crippen molar-refractivity contribution in [2.75, 3.05) is 25.2 Å². The van der Waals surface area contributed by atoms with Gasteiger partial charge in [-0.15, -0.1) is 0 Å². The molecule has 1 saturated heterocycles. The van der Waals surface area contributed by atoms with Gasteiger partial charge in [0.05, 0.1) is 13.1 Å². The standard InChI is InChI=1S/C16H15N3O4/c20-16(18-11-4-5-13-14(7-11)22-10-21-13)19-8-12(9-19)23-15-3-1-2-6-17-15/h1-7,12H,8-10H2,(H,18,20). The molecular weight excluding hydrogens is 298 g/mol. The summed E-state index contributed by atoms with van der Waals surface area (Å²) in [5.74, 6) is 1.91. The summed E-state index contributed by atoms with van der Waals surface area (Å²) in [6, 6.07) is 10.7. The number of fused-ring (bicyclic) bond motifs is 1. The smallest absolute Gasteiger partial charge is 0.322 e. The number of hydrogen-bond acceptors (Lipinski definition) is 5. The van der Waals surface area contributed by atoms with E-state index in [9.17, 15) is 4.79 Å². The number of hydrogen-bond donors (Lipinski definition) is 1. The van der Waals surface area contributed by atoms with E-state index in [0.29, 0.717) is 36.2 Å². The van der Waals surface area contributed by atoms with Crippen LogP contribution >= 0.6 is 0 Å². The van der Waals surface area contributed by atoms with Gasteiger partial charge in [0, 0.05) is 24.0 Å². The topological polar surface area (TPSA) is 72.9 Å². The number of amides is 2. The maximum absolute atomic E-state index is 12.2. The molecule has 118 valence electrons. The lowest BCUT2D eigenvalue weighted by molar-refractivity contribution is 0.0461. The SMILES string of the molecule is O=C(Nc1ccc2c(c1)OCO2)N1CC(Oc2ccccn2)C1. The van der Waals surface area contributed by atoms with E-state index in [1.54, 1.807) is 35.4 Å². The first-order valence-corrected chi connectivity index (χ1v) is 7.31. The number of urea groups is 1. The molecule has 1 aromatic carbocycles. The number of nitrogens with zero attached hydrogens (tertiary/aromatic N) is 2. The van der Waals surface area contributed by atoms with Crippen LogP contribution in [0.3, 0.4) is 0 Å². The molecule has 0 bridgehead atoms. The maximum Gasteiger partial charge on any atom is 0.322 e. The molecule has 2 aliphatic heterocycles. The first-order chi connectivity index (χ1) is 11.3. The first-order valence-electron chi connectivity index (χ1n) is 7.31. The average molecular weight is 313 g/mol. The van der Waals surface area contributed by atoms with Crippen LogP contribution < -0.4 is 19.5 Å². The number of benzene rings is 1. The van der Waals surface area contributed by atoms with Crippen molar-refractivity contribution in [3.8, 4) is 17.4 Å². The van der Waals surface area contributed by atoms with E-state index in [-0.39, 0.29) is 18.9 Å². The van der Waals surface area contributed by atoms with E-state index in [1.807, 2.05) is 12.1 Å². The Labute approximate surface area is 132 Å². The number of pyridine rings is 1. The number of likely N-dealkylation sites (tertiary alicyclic amines) is 1. The molecule has 2 aliphatic rings. The van der Waals surface area contributed by atoms with E-state index in [0.717, 1.165) is 0 Å². The van der Waals surface area contributed by atoms with Gasteiger partial charge < -0.3 is 24.4 Å². The lowest BCUT2D eigenvalue weighted by Crippen LogP contribution is -2.57. The van der Waals surface area contributed by atoms with Crippen molar-refractivity contribution < 1.29 is 19.0 Å². The largest absolute Gasteiger partial charge is 0.471 e. The minimum absolute atomic E-state index is 0.0209. The third-order valence-corrected chi connectivity index (χ3v) is 3.68. The fourth-order valence-electron chi connectivity index (χ4n) is 2.44. The fraction of sp³-hybridized carbons (Fsp3) is 0.250. The quantitative estimate of drug-likeness (QED) is 0.939. The first kappa shape index (κ1) is 13.7. The van der Waals surface area contributed by atoms with E-state index in [4.69, 9.17) is 14.2 Å². The second-order valence-corrected chi connectivity index (χ2v) is 5.31. The Morgan fingerprint density at radius 3 is 2.91 bits per heavy atom. The van der Waals surface area contributed by atoms with Crippen molar-refractivity contribution >= 4 is 11.7 Å². The third kappa shape index (κ3) is 2.85. The highest BCUT2D eigenvalue weighted by atomic mass is 16.7. The molecule has 0 aliphatic carbocycles. The molecule has 0 saturated carbocycles. The van der Waals surface area contributed by atoms with Crippen molar-refractivity contribution in [1.82, 2.24) is 9.88 Å². The Balaban J connectivity index is 1.30. The summed E-state index contributed by atoms with van der Waals surface area (Å²) in [7, 11) is 0. The molecule has 23 heavy (non-hydrogen) atoms. The Bertz CT molecular complexity index is 717. The number of carbonyl (C=O) groups excluding carboxylic acids is 1. The van der Waals surface area contributed by atoms with Crippen LogP contribution in [0.5, 0.6) is 17.4 Å². The second-order valence-electron chi connectivity index (χ2n) is 5.31. The van der Waals surface area contributed by atoms with Crippen molar-refractivity contribution in [1.29, 1.82) is 0 Å². The van der Waals surface area contributed by atoms with Crippen LogP contribution in [0.2, 0.25) is 0 Å². The highest BCUT2D eigenvalue weighted by Gasteiger charge is 2.32. The Hall–Kier alpha value is -2.96. The molecule has 1 fully saturated rings. The summed E-state index contributed by atoms with van der Waals surface area (Å²) >= 11 is 0. The van der Waals surface area contributed by atoms with E-state index in [2.05, 4.69) is 10.3 Å². The van der Waals surface area contributed by atoms with Crippen LogP contribution in [0.4, 0.5) is 10.5 Å². The highest BCUT2D eigenvalue weighted by molar-refractivity contribution is 5.90. The molecule has 0 unspecified atom stereocenters. The van der Waals surface area contributed by atoms with Gasteiger partial charge in [0.1, 0.15) is 6.10 Å². The Morgan fingerprint density at radius 1 is 1.22 bits per heavy atom. The highest BCUT2D eigenvalue weighted by Crippen LogP contribution is 2.34. The van der Waals surface area contributed by atoms with Crippen LogP contribution in [0.1, 0.15) is 0 Å². The molecule has 1 N–H and O–H groups in total. The van der Waals surface area contributed by atoms with Crippen molar-refractivity contribution in [2.24, 2.45) is 0 Å². The van der Waals surface area contributed by atoms with Crippen LogP contribution in [0.15, 0.2) is 42.6 Å². The molecule has 4 rings (SSSR count). The minimum atomic E-state index is -0.162. The number of rotatable bonds is 3. The molecule has 2 amide bonds. The van der Waals surface area contributed by atoms with Gasteiger partial charge in [-0.25, -0.2) is 9.78 Å². The van der Waals surface area contributed by atoms with E-state index in [1.165, 1.54) is 0 Å². The number of ether oxygens (including phenoxy) is 3. The lowest BCUT2D eigenvalue weighted by atomic mass is 10.2. The molecule has 7 heteroatoms. The number of aromatic nitrogens is 1. The molecule has 0 radical (unpaired) electrons. The Morgan fingerprint density at radius 2 is 2.09 bits per heavy atom. The summed E-state index contributed by atoms with van der Waals surface area (Å²) < 4.78 is 16.2. The van der Waals surface area contributed by atoms with Gasteiger partial charge in [0.2, 0.25) is 12.7 Å². The summed E-state index contributed by atoms with van der Waals surface area (Å²) in [4.78, 5) is 17.9. The summed E-state index contributed by atoms with van der Waals surface area (Å²) in [5, 5.41) is 2.84. The zero-order valence-corrected chi connectivity index (χ0v) is 12.3. The minimum Gasteiger partial charge on any atom is -0.471 e.